The van der Waals surface area contributed by atoms with Crippen molar-refractivity contribution in [2.45, 2.75) is 39.0 Å². The van der Waals surface area contributed by atoms with Crippen LogP contribution in [0.4, 0.5) is 0 Å². The highest BCUT2D eigenvalue weighted by atomic mass is 16.1. The molecule has 1 aromatic carbocycles. The number of rotatable bonds is 9. The van der Waals surface area contributed by atoms with Crippen LogP contribution in [0.1, 0.15) is 38.2 Å². The van der Waals surface area contributed by atoms with Crippen molar-refractivity contribution in [1.82, 2.24) is 0 Å². The fraction of sp³-hybridized carbons (Fsp3) is 0.333. The first kappa shape index (κ1) is 16.1. The normalized spacial score (nSPS) is 11.2. The van der Waals surface area contributed by atoms with E-state index >= 15 is 0 Å². The highest BCUT2D eigenvalue weighted by Gasteiger charge is 1.98. The summed E-state index contributed by atoms with van der Waals surface area (Å²) in [5.74, 6) is 0.296. The molecule has 0 fully saturated rings. The van der Waals surface area contributed by atoms with Gasteiger partial charge in [-0.1, -0.05) is 42.5 Å². The van der Waals surface area contributed by atoms with Crippen LogP contribution >= 0.6 is 0 Å². The van der Waals surface area contributed by atoms with E-state index in [-0.39, 0.29) is 11.6 Å². The number of hydrogen-bond acceptors (Lipinski definition) is 2. The van der Waals surface area contributed by atoms with Crippen molar-refractivity contribution in [2.24, 2.45) is 0 Å². The van der Waals surface area contributed by atoms with Gasteiger partial charge in [0.15, 0.2) is 11.6 Å². The fourth-order valence-corrected chi connectivity index (χ4v) is 1.87. The van der Waals surface area contributed by atoms with E-state index in [1.165, 1.54) is 5.56 Å². The summed E-state index contributed by atoms with van der Waals surface area (Å²) in [6.07, 6.45) is 10.3. The maximum absolute atomic E-state index is 11.7. The third-order valence-corrected chi connectivity index (χ3v) is 2.95. The quantitative estimate of drug-likeness (QED) is 0.501. The summed E-state index contributed by atoms with van der Waals surface area (Å²) in [4.78, 5) is 22.9. The van der Waals surface area contributed by atoms with Gasteiger partial charge in [0.05, 0.1) is 0 Å². The molecule has 0 bridgehead atoms. The zero-order chi connectivity index (χ0) is 14.6. The molecule has 106 valence electrons. The number of benzene rings is 1. The van der Waals surface area contributed by atoms with Gasteiger partial charge in [0.2, 0.25) is 0 Å². The molecule has 20 heavy (non-hydrogen) atoms. The van der Waals surface area contributed by atoms with Crippen molar-refractivity contribution in [2.75, 3.05) is 0 Å². The zero-order valence-corrected chi connectivity index (χ0v) is 12.0. The largest absolute Gasteiger partial charge is 0.295 e. The first-order valence-corrected chi connectivity index (χ1v) is 7.11. The molecular formula is C18H22O2. The Kier molecular flexibility index (Phi) is 7.97. The minimum atomic E-state index is 0.147. The molecule has 0 spiro atoms. The Morgan fingerprint density at radius 2 is 1.70 bits per heavy atom. The number of ketones is 2. The molecule has 0 aliphatic carbocycles. The van der Waals surface area contributed by atoms with Crippen LogP contribution in [0.15, 0.2) is 54.6 Å². The topological polar surface area (TPSA) is 34.1 Å². The maximum Gasteiger partial charge on any atom is 0.155 e. The Bertz CT molecular complexity index is 469. The van der Waals surface area contributed by atoms with Crippen LogP contribution in [0, 0.1) is 0 Å². The number of aryl methyl sites for hydroxylation is 1. The summed E-state index contributed by atoms with van der Waals surface area (Å²) in [5.41, 5.74) is 1.19. The molecule has 0 aliphatic rings. The molecule has 0 unspecified atom stereocenters. The van der Waals surface area contributed by atoms with E-state index in [1.54, 1.807) is 18.2 Å². The standard InChI is InChI=1S/C18H22O2/c1-2-9-17(19)12-7-4-8-13-18(20)15-14-16-10-5-3-6-11-16/h2-3,5-6,8-11,13H,4,7,12,14-15H2,1H3/b9-2-,13-8+. The average molecular weight is 270 g/mol. The maximum atomic E-state index is 11.7. The van der Waals surface area contributed by atoms with Gasteiger partial charge < -0.3 is 0 Å². The molecule has 0 saturated carbocycles. The Labute approximate surface area is 121 Å². The van der Waals surface area contributed by atoms with Gasteiger partial charge in [-0.05, 0) is 43.9 Å². The summed E-state index contributed by atoms with van der Waals surface area (Å²) in [7, 11) is 0. The van der Waals surface area contributed by atoms with Crippen molar-refractivity contribution >= 4 is 11.6 Å². The number of carbonyl (C=O) groups excluding carboxylic acids is 2. The van der Waals surface area contributed by atoms with Gasteiger partial charge in [0, 0.05) is 12.8 Å². The molecule has 0 saturated heterocycles. The lowest BCUT2D eigenvalue weighted by atomic mass is 10.1. The van der Waals surface area contributed by atoms with Crippen molar-refractivity contribution in [1.29, 1.82) is 0 Å². The van der Waals surface area contributed by atoms with E-state index in [0.717, 1.165) is 19.3 Å². The lowest BCUT2D eigenvalue weighted by Gasteiger charge is -1.98. The lowest BCUT2D eigenvalue weighted by molar-refractivity contribution is -0.115. The summed E-state index contributed by atoms with van der Waals surface area (Å²) in [6.45, 7) is 1.84. The predicted molar refractivity (Wildman–Crippen MR) is 82.6 cm³/mol. The number of hydrogen-bond donors (Lipinski definition) is 0. The molecule has 0 radical (unpaired) electrons. The van der Waals surface area contributed by atoms with E-state index in [1.807, 2.05) is 43.3 Å². The van der Waals surface area contributed by atoms with Crippen LogP contribution in [-0.2, 0) is 16.0 Å². The smallest absolute Gasteiger partial charge is 0.155 e. The second-order valence-electron chi connectivity index (χ2n) is 4.71. The third-order valence-electron chi connectivity index (χ3n) is 2.95. The molecule has 0 amide bonds. The first-order chi connectivity index (χ1) is 9.72. The number of carbonyl (C=O) groups is 2. The lowest BCUT2D eigenvalue weighted by Crippen LogP contribution is -1.96. The predicted octanol–water partition coefficient (Wildman–Crippen LogP) is 4.06. The van der Waals surface area contributed by atoms with Crippen LogP contribution in [0.5, 0.6) is 0 Å². The third kappa shape index (κ3) is 7.47. The Morgan fingerprint density at radius 1 is 1.00 bits per heavy atom. The number of allylic oxidation sites excluding steroid dienone is 4. The fourth-order valence-electron chi connectivity index (χ4n) is 1.87. The van der Waals surface area contributed by atoms with Gasteiger partial charge in [-0.25, -0.2) is 0 Å². The van der Waals surface area contributed by atoms with Crippen LogP contribution in [0.2, 0.25) is 0 Å². The van der Waals surface area contributed by atoms with Gasteiger partial charge >= 0.3 is 0 Å². The number of unbranched alkanes of at least 4 members (excludes halogenated alkanes) is 1. The molecule has 2 nitrogen and oxygen atoms in total. The summed E-state index contributed by atoms with van der Waals surface area (Å²) >= 11 is 0. The van der Waals surface area contributed by atoms with Crippen molar-refractivity contribution in [3.05, 3.63) is 60.2 Å². The van der Waals surface area contributed by atoms with Crippen LogP contribution in [0.3, 0.4) is 0 Å². The first-order valence-electron chi connectivity index (χ1n) is 7.11. The van der Waals surface area contributed by atoms with E-state index < -0.39 is 0 Å². The molecule has 1 rings (SSSR count). The summed E-state index contributed by atoms with van der Waals surface area (Å²) < 4.78 is 0. The van der Waals surface area contributed by atoms with E-state index in [0.29, 0.717) is 12.8 Å². The molecule has 1 aromatic rings. The minimum Gasteiger partial charge on any atom is -0.295 e. The minimum absolute atomic E-state index is 0.147. The van der Waals surface area contributed by atoms with Gasteiger partial charge in [0.25, 0.3) is 0 Å². The molecule has 0 N–H and O–H groups in total. The van der Waals surface area contributed by atoms with Gasteiger partial charge in [0.1, 0.15) is 0 Å². The van der Waals surface area contributed by atoms with E-state index in [4.69, 9.17) is 0 Å². The molecule has 0 heterocycles. The van der Waals surface area contributed by atoms with Gasteiger partial charge in [-0.15, -0.1) is 0 Å². The molecular weight excluding hydrogens is 248 g/mol. The average Bonchev–Trinajstić information content (AvgIpc) is 2.46. The van der Waals surface area contributed by atoms with Crippen LogP contribution < -0.4 is 0 Å². The SMILES string of the molecule is C/C=C\C(=O)CCC/C=C/C(=O)CCc1ccccc1. The zero-order valence-electron chi connectivity index (χ0n) is 12.0. The highest BCUT2D eigenvalue weighted by Crippen LogP contribution is 2.04. The summed E-state index contributed by atoms with van der Waals surface area (Å²) in [6, 6.07) is 10.0. The van der Waals surface area contributed by atoms with Crippen LogP contribution in [0.25, 0.3) is 0 Å². The van der Waals surface area contributed by atoms with Crippen molar-refractivity contribution in [3.8, 4) is 0 Å². The van der Waals surface area contributed by atoms with Crippen LogP contribution in [-0.4, -0.2) is 11.6 Å². The molecule has 2 heteroatoms. The Balaban J connectivity index is 2.16. The molecule has 0 atom stereocenters. The van der Waals surface area contributed by atoms with Crippen molar-refractivity contribution in [3.63, 3.8) is 0 Å². The van der Waals surface area contributed by atoms with Gasteiger partial charge in [-0.3, -0.25) is 9.59 Å². The molecule has 0 aromatic heterocycles. The van der Waals surface area contributed by atoms with Crippen molar-refractivity contribution < 1.29 is 9.59 Å². The van der Waals surface area contributed by atoms with E-state index in [2.05, 4.69) is 0 Å². The summed E-state index contributed by atoms with van der Waals surface area (Å²) in [5, 5.41) is 0. The Hall–Kier alpha value is -1.96. The Morgan fingerprint density at radius 3 is 2.40 bits per heavy atom. The molecule has 0 aliphatic heterocycles. The van der Waals surface area contributed by atoms with Gasteiger partial charge in [-0.2, -0.15) is 0 Å². The second kappa shape index (κ2) is 9.90. The highest BCUT2D eigenvalue weighted by molar-refractivity contribution is 5.90. The second-order valence-corrected chi connectivity index (χ2v) is 4.71. The van der Waals surface area contributed by atoms with E-state index in [9.17, 15) is 9.59 Å². The monoisotopic (exact) mass is 270 g/mol.